The lowest BCUT2D eigenvalue weighted by molar-refractivity contribution is -0.932. The summed E-state index contributed by atoms with van der Waals surface area (Å²) in [6.07, 6.45) is 18.1. The van der Waals surface area contributed by atoms with E-state index >= 15 is 0 Å². The van der Waals surface area contributed by atoms with Gasteiger partial charge in [0, 0.05) is 6.26 Å². The van der Waals surface area contributed by atoms with E-state index in [0.29, 0.717) is 6.26 Å². The molecule has 1 saturated heterocycles. The van der Waals surface area contributed by atoms with Crippen LogP contribution in [0.25, 0.3) is 0 Å². The molecule has 1 aliphatic rings. The minimum absolute atomic E-state index is 0.604. The molecule has 1 heterocycles. The van der Waals surface area contributed by atoms with E-state index in [1.165, 1.54) is 108 Å². The first-order valence-electron chi connectivity index (χ1n) is 10.1. The van der Waals surface area contributed by atoms with Crippen LogP contribution in [0, 0.1) is 0 Å². The van der Waals surface area contributed by atoms with Crippen molar-refractivity contribution in [2.75, 3.05) is 32.4 Å². The van der Waals surface area contributed by atoms with Crippen LogP contribution >= 0.6 is 0 Å². The molecule has 0 unspecified atom stereocenters. The lowest BCUT2D eigenvalue weighted by Crippen LogP contribution is -2.52. The van der Waals surface area contributed by atoms with Gasteiger partial charge in [0.2, 0.25) is 0 Å². The number of hydrogen-bond acceptors (Lipinski definition) is 3. The second-order valence-electron chi connectivity index (χ2n) is 7.48. The smallest absolute Gasteiger partial charge is 0.0916 e. The fourth-order valence-corrected chi connectivity index (χ4v) is 3.64. The molecule has 0 N–H and O–H groups in total. The van der Waals surface area contributed by atoms with Crippen LogP contribution in [0.4, 0.5) is 0 Å². The first-order chi connectivity index (χ1) is 11.3. The second-order valence-corrected chi connectivity index (χ2v) is 8.88. The van der Waals surface area contributed by atoms with Crippen LogP contribution in [-0.4, -0.2) is 49.9 Å². The molecule has 0 aromatic carbocycles. The number of nitrogens with zero attached hydrogens (tertiary/aromatic N) is 1. The van der Waals surface area contributed by atoms with Crippen LogP contribution in [0.15, 0.2) is 0 Å². The lowest BCUT2D eigenvalue weighted by Gasteiger charge is -2.42. The molecule has 0 aromatic rings. The Balaban J connectivity index is 0.000000922. The molecule has 24 heavy (non-hydrogen) atoms. The van der Waals surface area contributed by atoms with Gasteiger partial charge < -0.3 is 9.04 Å². The van der Waals surface area contributed by atoms with Crippen molar-refractivity contribution in [1.29, 1.82) is 0 Å². The molecule has 0 amide bonds. The zero-order valence-electron chi connectivity index (χ0n) is 16.4. The average Bonchev–Trinajstić information content (AvgIpc) is 2.52. The number of hydrogen-bond donors (Lipinski definition) is 0. The van der Waals surface area contributed by atoms with Crippen molar-refractivity contribution in [1.82, 2.24) is 0 Å². The highest BCUT2D eigenvalue weighted by Crippen LogP contribution is 2.21. The van der Waals surface area contributed by atoms with Crippen molar-refractivity contribution in [3.63, 3.8) is 0 Å². The minimum Gasteiger partial charge on any atom is -0.748 e. The van der Waals surface area contributed by atoms with Gasteiger partial charge in [0.05, 0.1) is 36.3 Å². The normalized spacial score (nSPS) is 17.2. The standard InChI is InChI=1S/C18H38N.CH4O3S/c1-3-5-7-8-9-10-12-16-19(15-6-4-2)17-13-11-14-18-19;1-5(2,3)4/h3-18H2,1-2H3;1H3,(H,2,3,4)/q+1;/p-1. The summed E-state index contributed by atoms with van der Waals surface area (Å²) < 4.78 is 28.7. The van der Waals surface area contributed by atoms with Gasteiger partial charge in [-0.2, -0.15) is 0 Å². The highest BCUT2D eigenvalue weighted by Gasteiger charge is 2.28. The van der Waals surface area contributed by atoms with Crippen molar-refractivity contribution in [2.24, 2.45) is 0 Å². The number of quaternary nitrogens is 1. The van der Waals surface area contributed by atoms with Gasteiger partial charge >= 0.3 is 0 Å². The summed E-state index contributed by atoms with van der Waals surface area (Å²) in [4.78, 5) is 0. The van der Waals surface area contributed by atoms with Gasteiger partial charge in [-0.05, 0) is 38.5 Å². The molecular weight excluding hydrogens is 322 g/mol. The van der Waals surface area contributed by atoms with Crippen molar-refractivity contribution in [3.05, 3.63) is 0 Å². The fourth-order valence-electron chi connectivity index (χ4n) is 3.64. The molecule has 5 heteroatoms. The number of unbranched alkanes of at least 4 members (excludes halogenated alkanes) is 7. The van der Waals surface area contributed by atoms with Crippen molar-refractivity contribution in [2.45, 2.75) is 90.9 Å². The third kappa shape index (κ3) is 15.4. The fraction of sp³-hybridized carbons (Fsp3) is 1.00. The van der Waals surface area contributed by atoms with Crippen LogP contribution in [0.3, 0.4) is 0 Å². The highest BCUT2D eigenvalue weighted by molar-refractivity contribution is 7.84. The average molecular weight is 364 g/mol. The minimum atomic E-state index is -3.92. The van der Waals surface area contributed by atoms with E-state index in [1.807, 2.05) is 0 Å². The zero-order valence-corrected chi connectivity index (χ0v) is 17.2. The summed E-state index contributed by atoms with van der Waals surface area (Å²) in [7, 11) is -3.92. The molecular formula is C19H41NO3S. The topological polar surface area (TPSA) is 57.2 Å². The Morgan fingerprint density at radius 2 is 1.17 bits per heavy atom. The SMILES string of the molecule is CCCCCCCCC[N+]1(CCCC)CCCCC1.CS(=O)(=O)[O-]. The maximum Gasteiger partial charge on any atom is 0.0916 e. The quantitative estimate of drug-likeness (QED) is 0.304. The van der Waals surface area contributed by atoms with Crippen LogP contribution in [-0.2, 0) is 10.1 Å². The molecule has 0 atom stereocenters. The Morgan fingerprint density at radius 3 is 1.67 bits per heavy atom. The highest BCUT2D eigenvalue weighted by atomic mass is 32.2. The lowest BCUT2D eigenvalue weighted by atomic mass is 10.0. The monoisotopic (exact) mass is 363 g/mol. The summed E-state index contributed by atoms with van der Waals surface area (Å²) in [5.74, 6) is 0. The van der Waals surface area contributed by atoms with Crippen LogP contribution in [0.1, 0.15) is 90.9 Å². The predicted octanol–water partition coefficient (Wildman–Crippen LogP) is 4.70. The van der Waals surface area contributed by atoms with Gasteiger partial charge in [-0.15, -0.1) is 0 Å². The Hall–Kier alpha value is -0.130. The van der Waals surface area contributed by atoms with E-state index in [0.717, 1.165) is 0 Å². The summed E-state index contributed by atoms with van der Waals surface area (Å²) in [5.41, 5.74) is 0. The predicted molar refractivity (Wildman–Crippen MR) is 102 cm³/mol. The Morgan fingerprint density at radius 1 is 0.750 bits per heavy atom. The van der Waals surface area contributed by atoms with Gasteiger partial charge in [-0.1, -0.05) is 52.4 Å². The van der Waals surface area contributed by atoms with Crippen molar-refractivity contribution < 1.29 is 17.5 Å². The van der Waals surface area contributed by atoms with E-state index in [1.54, 1.807) is 0 Å². The Kier molecular flexibility index (Phi) is 14.0. The van der Waals surface area contributed by atoms with E-state index in [4.69, 9.17) is 13.0 Å². The molecule has 1 rings (SSSR count). The van der Waals surface area contributed by atoms with E-state index in [2.05, 4.69) is 13.8 Å². The van der Waals surface area contributed by atoms with Crippen LogP contribution < -0.4 is 0 Å². The number of likely N-dealkylation sites (tertiary alicyclic amines) is 1. The van der Waals surface area contributed by atoms with E-state index < -0.39 is 10.1 Å². The summed E-state index contributed by atoms with van der Waals surface area (Å²) in [5, 5.41) is 0. The molecule has 1 aliphatic heterocycles. The van der Waals surface area contributed by atoms with E-state index in [9.17, 15) is 0 Å². The maximum atomic E-state index is 9.08. The van der Waals surface area contributed by atoms with Gasteiger partial charge in [0.25, 0.3) is 0 Å². The molecule has 146 valence electrons. The Labute approximate surface area is 151 Å². The largest absolute Gasteiger partial charge is 0.748 e. The molecule has 0 spiro atoms. The third-order valence-electron chi connectivity index (χ3n) is 4.99. The third-order valence-corrected chi connectivity index (χ3v) is 4.99. The number of piperidine rings is 1. The van der Waals surface area contributed by atoms with Gasteiger partial charge in [0.1, 0.15) is 0 Å². The van der Waals surface area contributed by atoms with Crippen molar-refractivity contribution >= 4 is 10.1 Å². The summed E-state index contributed by atoms with van der Waals surface area (Å²) in [6, 6.07) is 0. The van der Waals surface area contributed by atoms with Gasteiger partial charge in [-0.25, -0.2) is 8.42 Å². The zero-order chi connectivity index (χ0) is 18.3. The summed E-state index contributed by atoms with van der Waals surface area (Å²) in [6.45, 7) is 10.6. The second kappa shape index (κ2) is 14.1. The molecule has 0 saturated carbocycles. The van der Waals surface area contributed by atoms with Crippen LogP contribution in [0.2, 0.25) is 0 Å². The van der Waals surface area contributed by atoms with Gasteiger partial charge in [-0.3, -0.25) is 0 Å². The first kappa shape index (κ1) is 23.9. The molecule has 0 radical (unpaired) electrons. The molecule has 0 aliphatic carbocycles. The Bertz CT molecular complexity index is 368. The van der Waals surface area contributed by atoms with Gasteiger partial charge in [0.15, 0.2) is 0 Å². The maximum absolute atomic E-state index is 9.08. The van der Waals surface area contributed by atoms with Crippen LogP contribution in [0.5, 0.6) is 0 Å². The molecule has 0 bridgehead atoms. The first-order valence-corrected chi connectivity index (χ1v) is 11.9. The van der Waals surface area contributed by atoms with Crippen molar-refractivity contribution in [3.8, 4) is 0 Å². The molecule has 0 aromatic heterocycles. The summed E-state index contributed by atoms with van der Waals surface area (Å²) >= 11 is 0. The molecule has 4 nitrogen and oxygen atoms in total. The van der Waals surface area contributed by atoms with E-state index in [-0.39, 0.29) is 0 Å². The number of rotatable bonds is 11. The molecule has 1 fully saturated rings.